The van der Waals surface area contributed by atoms with E-state index in [2.05, 4.69) is 125 Å². The van der Waals surface area contributed by atoms with Crippen molar-refractivity contribution in [2.75, 3.05) is 4.90 Å². The number of anilines is 3. The predicted molar refractivity (Wildman–Crippen MR) is 204 cm³/mol. The van der Waals surface area contributed by atoms with Gasteiger partial charge in [0.25, 0.3) is 0 Å². The molecule has 3 heterocycles. The van der Waals surface area contributed by atoms with Gasteiger partial charge in [-0.15, -0.1) is 0 Å². The topological polar surface area (TPSA) is 46.8 Å². The molecule has 1 aliphatic heterocycles. The summed E-state index contributed by atoms with van der Waals surface area (Å²) in [6.45, 7) is 0. The van der Waals surface area contributed by atoms with E-state index < -0.39 is 0 Å². The Morgan fingerprint density at radius 3 is 1.60 bits per heavy atom. The van der Waals surface area contributed by atoms with E-state index in [1.54, 1.807) is 0 Å². The number of nitrogens with zero attached hydrogens (tertiary/aromatic N) is 5. The van der Waals surface area contributed by atoms with E-state index in [9.17, 15) is 0 Å². The molecular formula is C45H29N5. The highest BCUT2D eigenvalue weighted by molar-refractivity contribution is 6.19. The molecule has 0 atom stereocenters. The minimum absolute atomic E-state index is 0.560. The summed E-state index contributed by atoms with van der Waals surface area (Å²) < 4.78 is 2.42. The molecule has 0 saturated heterocycles. The third-order valence-corrected chi connectivity index (χ3v) is 9.59. The second-order valence-corrected chi connectivity index (χ2v) is 12.5. The van der Waals surface area contributed by atoms with Crippen molar-refractivity contribution in [3.63, 3.8) is 0 Å². The first-order chi connectivity index (χ1) is 24.8. The summed E-state index contributed by atoms with van der Waals surface area (Å²) in [6, 6.07) is 61.5. The number of para-hydroxylation sites is 4. The van der Waals surface area contributed by atoms with Crippen LogP contribution in [0.4, 0.5) is 17.3 Å². The summed E-state index contributed by atoms with van der Waals surface area (Å²) in [5.41, 5.74) is 11.9. The maximum absolute atomic E-state index is 5.22. The van der Waals surface area contributed by atoms with Gasteiger partial charge in [-0.1, -0.05) is 146 Å². The van der Waals surface area contributed by atoms with Gasteiger partial charge in [0.05, 0.1) is 22.4 Å². The van der Waals surface area contributed by atoms with Crippen LogP contribution in [-0.2, 0) is 0 Å². The lowest BCUT2D eigenvalue weighted by Crippen LogP contribution is -2.16. The second-order valence-electron chi connectivity index (χ2n) is 12.5. The molecule has 234 valence electrons. The highest BCUT2D eigenvalue weighted by Gasteiger charge is 2.31. The summed E-state index contributed by atoms with van der Waals surface area (Å²) in [4.78, 5) is 17.6. The Morgan fingerprint density at radius 2 is 0.920 bits per heavy atom. The van der Waals surface area contributed by atoms with Crippen LogP contribution in [0.2, 0.25) is 0 Å². The molecule has 0 spiro atoms. The molecule has 2 aromatic heterocycles. The van der Waals surface area contributed by atoms with Crippen LogP contribution < -0.4 is 4.90 Å². The molecule has 1 aliphatic rings. The van der Waals surface area contributed by atoms with Gasteiger partial charge in [0.2, 0.25) is 5.95 Å². The Kier molecular flexibility index (Phi) is 6.42. The number of aromatic nitrogens is 4. The SMILES string of the molecule is c1ccc(-c2nc(-c3ccccc3)nc(N3c4ccccc4-c4ccc5c6ccccc6n(-c6ccccc6)c5c4-c4ccccc43)n2)cc1. The van der Waals surface area contributed by atoms with Crippen LogP contribution in [0.5, 0.6) is 0 Å². The zero-order valence-corrected chi connectivity index (χ0v) is 27.0. The quantitative estimate of drug-likeness (QED) is 0.192. The van der Waals surface area contributed by atoms with E-state index in [0.717, 1.165) is 44.9 Å². The molecule has 9 aromatic rings. The lowest BCUT2D eigenvalue weighted by atomic mass is 9.92. The fraction of sp³-hybridized carbons (Fsp3) is 0. The normalized spacial score (nSPS) is 12.0. The van der Waals surface area contributed by atoms with E-state index in [0.29, 0.717) is 17.6 Å². The molecule has 0 fully saturated rings. The molecule has 0 radical (unpaired) electrons. The molecule has 0 amide bonds. The molecule has 50 heavy (non-hydrogen) atoms. The van der Waals surface area contributed by atoms with Crippen molar-refractivity contribution >= 4 is 39.1 Å². The molecule has 0 N–H and O–H groups in total. The fourth-order valence-electron chi connectivity index (χ4n) is 7.42. The van der Waals surface area contributed by atoms with Crippen molar-refractivity contribution < 1.29 is 0 Å². The van der Waals surface area contributed by atoms with E-state index in [4.69, 9.17) is 15.0 Å². The summed E-state index contributed by atoms with van der Waals surface area (Å²) in [5.74, 6) is 1.81. The first kappa shape index (κ1) is 28.2. The van der Waals surface area contributed by atoms with Gasteiger partial charge < -0.3 is 4.57 Å². The standard InChI is InChI=1S/C45H29N5/c1-4-16-30(17-5-1)43-46-44(31-18-6-2-7-19-31)48-45(47-43)50-39-26-14-10-22-33(39)35-28-29-36-34-23-11-13-25-38(34)49(32-20-8-3-9-21-32)42(36)41(35)37-24-12-15-27-40(37)50/h1-29H. The monoisotopic (exact) mass is 639 g/mol. The molecule has 10 rings (SSSR count). The largest absolute Gasteiger partial charge is 0.309 e. The van der Waals surface area contributed by atoms with Gasteiger partial charge in [-0.3, -0.25) is 4.90 Å². The molecule has 0 aliphatic carbocycles. The van der Waals surface area contributed by atoms with E-state index in [1.807, 2.05) is 60.7 Å². The number of benzene rings is 7. The van der Waals surface area contributed by atoms with Gasteiger partial charge in [0, 0.05) is 44.3 Å². The van der Waals surface area contributed by atoms with Crippen LogP contribution in [0.25, 0.3) is 72.5 Å². The maximum atomic E-state index is 5.22. The smallest absolute Gasteiger partial charge is 0.238 e. The highest BCUT2D eigenvalue weighted by Crippen LogP contribution is 2.53. The number of rotatable bonds is 4. The molecular weight excluding hydrogens is 611 g/mol. The first-order valence-corrected chi connectivity index (χ1v) is 16.8. The number of hydrogen-bond acceptors (Lipinski definition) is 4. The van der Waals surface area contributed by atoms with Crippen LogP contribution in [0.1, 0.15) is 0 Å². The average molecular weight is 640 g/mol. The number of hydrogen-bond donors (Lipinski definition) is 0. The minimum atomic E-state index is 0.560. The second kappa shape index (κ2) is 11.4. The molecule has 0 saturated carbocycles. The lowest BCUT2D eigenvalue weighted by molar-refractivity contribution is 1.02. The molecule has 5 nitrogen and oxygen atoms in total. The van der Waals surface area contributed by atoms with Crippen LogP contribution in [0.3, 0.4) is 0 Å². The van der Waals surface area contributed by atoms with Gasteiger partial charge in [-0.25, -0.2) is 4.98 Å². The van der Waals surface area contributed by atoms with Gasteiger partial charge >= 0.3 is 0 Å². The van der Waals surface area contributed by atoms with Crippen molar-refractivity contribution in [3.05, 3.63) is 176 Å². The van der Waals surface area contributed by atoms with Gasteiger partial charge in [0.15, 0.2) is 11.6 Å². The third kappa shape index (κ3) is 4.37. The summed E-state index contributed by atoms with van der Waals surface area (Å²) >= 11 is 0. The Bertz CT molecular complexity index is 2640. The van der Waals surface area contributed by atoms with Crippen molar-refractivity contribution in [3.8, 4) is 50.7 Å². The minimum Gasteiger partial charge on any atom is -0.309 e. The van der Waals surface area contributed by atoms with E-state index >= 15 is 0 Å². The average Bonchev–Trinajstić information content (AvgIpc) is 3.47. The van der Waals surface area contributed by atoms with Gasteiger partial charge in [-0.05, 0) is 35.9 Å². The molecule has 0 unspecified atom stereocenters. The first-order valence-electron chi connectivity index (χ1n) is 16.8. The Morgan fingerprint density at radius 1 is 0.380 bits per heavy atom. The van der Waals surface area contributed by atoms with Crippen LogP contribution >= 0.6 is 0 Å². The zero-order chi connectivity index (χ0) is 33.0. The van der Waals surface area contributed by atoms with Crippen LogP contribution in [0.15, 0.2) is 176 Å². The Labute approximate surface area is 289 Å². The van der Waals surface area contributed by atoms with Gasteiger partial charge in [-0.2, -0.15) is 9.97 Å². The maximum Gasteiger partial charge on any atom is 0.238 e. The molecule has 0 bridgehead atoms. The lowest BCUT2D eigenvalue weighted by Gasteiger charge is -2.25. The zero-order valence-electron chi connectivity index (χ0n) is 27.0. The van der Waals surface area contributed by atoms with Crippen molar-refractivity contribution in [2.24, 2.45) is 0 Å². The summed E-state index contributed by atoms with van der Waals surface area (Å²) in [6.07, 6.45) is 0. The van der Waals surface area contributed by atoms with Crippen molar-refractivity contribution in [1.29, 1.82) is 0 Å². The highest BCUT2D eigenvalue weighted by atomic mass is 15.3. The van der Waals surface area contributed by atoms with E-state index in [-0.39, 0.29) is 0 Å². The summed E-state index contributed by atoms with van der Waals surface area (Å²) in [7, 11) is 0. The summed E-state index contributed by atoms with van der Waals surface area (Å²) in [5, 5.41) is 2.43. The van der Waals surface area contributed by atoms with Gasteiger partial charge in [0.1, 0.15) is 0 Å². The predicted octanol–water partition coefficient (Wildman–Crippen LogP) is 11.4. The van der Waals surface area contributed by atoms with Crippen LogP contribution in [-0.4, -0.2) is 19.5 Å². The van der Waals surface area contributed by atoms with Crippen molar-refractivity contribution in [1.82, 2.24) is 19.5 Å². The fourth-order valence-corrected chi connectivity index (χ4v) is 7.42. The Balaban J connectivity index is 1.32. The van der Waals surface area contributed by atoms with E-state index in [1.165, 1.54) is 27.4 Å². The molecule has 7 aromatic carbocycles. The molecule has 5 heteroatoms. The van der Waals surface area contributed by atoms with Crippen molar-refractivity contribution in [2.45, 2.75) is 0 Å². The number of fused-ring (bicyclic) bond motifs is 9. The third-order valence-electron chi connectivity index (χ3n) is 9.59. The Hall–Kier alpha value is -6.85. The van der Waals surface area contributed by atoms with Crippen LogP contribution in [0, 0.1) is 0 Å².